The number of carbonyl (C=O) groups is 4. The number of likely N-dealkylation sites (N-methyl/N-ethyl adjacent to an activating group) is 1. The monoisotopic (exact) mass is 848 g/mol. The van der Waals surface area contributed by atoms with Crippen molar-refractivity contribution in [3.63, 3.8) is 0 Å². The van der Waals surface area contributed by atoms with E-state index < -0.39 is 23.7 Å². The molecule has 7 heterocycles. The summed E-state index contributed by atoms with van der Waals surface area (Å²) in [6.07, 6.45) is 11.6. The standard InChI is InChI=1S/C45H57FN12O4/c1-53-21-23-57(24-22-53)45-47-14-9-37(50-45)43(61)49-39-25-31-29-58(52-38(31)27-40(39)56-15-3-2-4-16-56)32-12-17-54(18-13-32)28-30-10-19-55(20-11-30)33-5-6-34(35(46)26-33)42(60)48-36-7-8-41(59)51-44(36)62/h5-6,9,14,25-27,29-30,32,36H,2-4,7-8,10-13,15-24,28H2,1H3,(H,48,60)(H,49,61)(H,51,59,62)/t36-/m0/s1. The minimum atomic E-state index is -0.859. The summed E-state index contributed by atoms with van der Waals surface area (Å²) in [6, 6.07) is 9.98. The fourth-order valence-electron chi connectivity index (χ4n) is 9.64. The Kier molecular flexibility index (Phi) is 12.3. The Morgan fingerprint density at radius 3 is 2.34 bits per heavy atom. The number of benzene rings is 2. The summed E-state index contributed by atoms with van der Waals surface area (Å²) in [7, 11) is 2.11. The zero-order chi connectivity index (χ0) is 42.7. The first-order valence-corrected chi connectivity index (χ1v) is 22.4. The van der Waals surface area contributed by atoms with E-state index in [9.17, 15) is 19.2 Å². The predicted molar refractivity (Wildman–Crippen MR) is 235 cm³/mol. The number of fused-ring (bicyclic) bond motifs is 1. The lowest BCUT2D eigenvalue weighted by molar-refractivity contribution is -0.134. The van der Waals surface area contributed by atoms with E-state index in [4.69, 9.17) is 5.10 Å². The number of anilines is 4. The van der Waals surface area contributed by atoms with E-state index in [1.54, 1.807) is 18.3 Å². The summed E-state index contributed by atoms with van der Waals surface area (Å²) < 4.78 is 17.3. The lowest BCUT2D eigenvalue weighted by atomic mass is 9.94. The van der Waals surface area contributed by atoms with Crippen LogP contribution in [-0.2, 0) is 9.59 Å². The van der Waals surface area contributed by atoms with Crippen molar-refractivity contribution in [2.75, 3.05) is 99.1 Å². The average molecular weight is 849 g/mol. The minimum Gasteiger partial charge on any atom is -0.371 e. The number of aromatic nitrogens is 4. The van der Waals surface area contributed by atoms with Gasteiger partial charge in [0.05, 0.1) is 28.5 Å². The van der Waals surface area contributed by atoms with Crippen molar-refractivity contribution in [2.24, 2.45) is 5.92 Å². The van der Waals surface area contributed by atoms with Gasteiger partial charge >= 0.3 is 0 Å². The van der Waals surface area contributed by atoms with Crippen LogP contribution in [-0.4, -0.2) is 138 Å². The van der Waals surface area contributed by atoms with Crippen LogP contribution in [0, 0.1) is 11.7 Å². The van der Waals surface area contributed by atoms with Crippen LogP contribution < -0.4 is 30.7 Å². The highest BCUT2D eigenvalue weighted by Crippen LogP contribution is 2.35. The van der Waals surface area contributed by atoms with Gasteiger partial charge in [-0.15, -0.1) is 0 Å². The fourth-order valence-corrected chi connectivity index (χ4v) is 9.64. The van der Waals surface area contributed by atoms with Gasteiger partial charge in [-0.3, -0.25) is 29.2 Å². The Labute approximate surface area is 361 Å². The molecular weight excluding hydrogens is 792 g/mol. The van der Waals surface area contributed by atoms with Gasteiger partial charge < -0.3 is 35.1 Å². The zero-order valence-corrected chi connectivity index (χ0v) is 35.5. The maximum absolute atomic E-state index is 15.2. The summed E-state index contributed by atoms with van der Waals surface area (Å²) in [5.74, 6) is -1.36. The smallest absolute Gasteiger partial charge is 0.274 e. The van der Waals surface area contributed by atoms with E-state index >= 15 is 4.39 Å². The number of hydrogen-bond donors (Lipinski definition) is 3. The van der Waals surface area contributed by atoms with Crippen LogP contribution in [0.4, 0.5) is 27.4 Å². The Morgan fingerprint density at radius 2 is 1.60 bits per heavy atom. The number of piperazine rings is 1. The normalized spacial score (nSPS) is 21.3. The molecule has 0 unspecified atom stereocenters. The quantitative estimate of drug-likeness (QED) is 0.197. The van der Waals surface area contributed by atoms with Gasteiger partial charge in [0.1, 0.15) is 17.6 Å². The Balaban J connectivity index is 0.790. The SMILES string of the molecule is CN1CCN(c2nccc(C(=O)Nc3cc4cn(C5CCN(CC6CCN(c7ccc(C(=O)N[C@H]8CCC(=O)NC8=O)c(F)c7)CC6)CC5)nc4cc3N3CCCCC3)n2)CC1. The van der Waals surface area contributed by atoms with Crippen LogP contribution in [0.15, 0.2) is 48.8 Å². The van der Waals surface area contributed by atoms with Gasteiger partial charge in [0.2, 0.25) is 17.8 Å². The molecule has 4 amide bonds. The number of halogens is 1. The largest absolute Gasteiger partial charge is 0.371 e. The zero-order valence-electron chi connectivity index (χ0n) is 35.5. The molecule has 5 fully saturated rings. The number of nitrogens with zero attached hydrogens (tertiary/aromatic N) is 9. The molecule has 0 aliphatic carbocycles. The van der Waals surface area contributed by atoms with Gasteiger partial charge in [0, 0.05) is 102 Å². The van der Waals surface area contributed by atoms with E-state index in [2.05, 4.69) is 80.5 Å². The van der Waals surface area contributed by atoms with Crippen LogP contribution in [0.2, 0.25) is 0 Å². The van der Waals surface area contributed by atoms with Gasteiger partial charge in [-0.05, 0) is 101 Å². The molecule has 2 aromatic heterocycles. The van der Waals surface area contributed by atoms with Gasteiger partial charge in [-0.1, -0.05) is 0 Å². The number of rotatable bonds is 10. The third-order valence-corrected chi connectivity index (χ3v) is 13.4. The van der Waals surface area contributed by atoms with Crippen molar-refractivity contribution in [3.8, 4) is 0 Å². The first kappa shape index (κ1) is 41.7. The Bertz CT molecular complexity index is 2290. The molecule has 0 bridgehead atoms. The predicted octanol–water partition coefficient (Wildman–Crippen LogP) is 4.05. The molecule has 0 radical (unpaired) electrons. The third-order valence-electron chi connectivity index (χ3n) is 13.4. The topological polar surface area (TPSA) is 164 Å². The maximum atomic E-state index is 15.2. The summed E-state index contributed by atoms with van der Waals surface area (Å²) in [4.78, 5) is 70.7. The van der Waals surface area contributed by atoms with E-state index in [0.717, 1.165) is 138 Å². The number of piperidine rings is 4. The van der Waals surface area contributed by atoms with Crippen molar-refractivity contribution >= 4 is 57.5 Å². The highest BCUT2D eigenvalue weighted by atomic mass is 19.1. The molecule has 0 spiro atoms. The molecule has 17 heteroatoms. The molecule has 9 rings (SSSR count). The number of amides is 4. The second-order valence-electron chi connectivity index (χ2n) is 17.7. The van der Waals surface area contributed by atoms with E-state index in [-0.39, 0.29) is 36.3 Å². The highest BCUT2D eigenvalue weighted by Gasteiger charge is 2.30. The summed E-state index contributed by atoms with van der Waals surface area (Å²) in [5.41, 5.74) is 3.69. The number of likely N-dealkylation sites (tertiary alicyclic amines) is 1. The third kappa shape index (κ3) is 9.38. The van der Waals surface area contributed by atoms with Gasteiger partial charge in [0.15, 0.2) is 0 Å². The second-order valence-corrected chi connectivity index (χ2v) is 17.7. The van der Waals surface area contributed by atoms with Crippen LogP contribution in [0.5, 0.6) is 0 Å². The molecule has 5 saturated heterocycles. The van der Waals surface area contributed by atoms with Crippen LogP contribution in [0.1, 0.15) is 84.7 Å². The van der Waals surface area contributed by atoms with Crippen LogP contribution >= 0.6 is 0 Å². The first-order valence-electron chi connectivity index (χ1n) is 22.4. The summed E-state index contributed by atoms with van der Waals surface area (Å²) >= 11 is 0. The van der Waals surface area contributed by atoms with E-state index in [1.807, 2.05) is 0 Å². The number of carbonyl (C=O) groups excluding carboxylic acids is 4. The highest BCUT2D eigenvalue weighted by molar-refractivity contribution is 6.07. The van der Waals surface area contributed by atoms with Crippen LogP contribution in [0.3, 0.4) is 0 Å². The molecule has 2 aromatic carbocycles. The number of hydrogen-bond acceptors (Lipinski definition) is 12. The van der Waals surface area contributed by atoms with Gasteiger partial charge in [-0.2, -0.15) is 5.10 Å². The molecule has 5 aliphatic rings. The summed E-state index contributed by atoms with van der Waals surface area (Å²) in [6.45, 7) is 10.0. The number of nitrogens with one attached hydrogen (secondary N) is 3. The summed E-state index contributed by atoms with van der Waals surface area (Å²) in [5, 5.41) is 14.1. The molecule has 0 saturated carbocycles. The van der Waals surface area contributed by atoms with Crippen molar-refractivity contribution in [1.29, 1.82) is 0 Å². The lowest BCUT2D eigenvalue weighted by Crippen LogP contribution is -2.52. The van der Waals surface area contributed by atoms with Gasteiger partial charge in [0.25, 0.3) is 11.8 Å². The Morgan fingerprint density at radius 1 is 0.823 bits per heavy atom. The molecule has 4 aromatic rings. The molecule has 3 N–H and O–H groups in total. The minimum absolute atomic E-state index is 0.120. The Hall–Kier alpha value is -5.68. The molecular formula is C45H57FN12O4. The van der Waals surface area contributed by atoms with Crippen molar-refractivity contribution < 1.29 is 23.6 Å². The second kappa shape index (κ2) is 18.3. The maximum Gasteiger partial charge on any atom is 0.274 e. The number of imide groups is 1. The first-order chi connectivity index (χ1) is 30.1. The molecule has 16 nitrogen and oxygen atoms in total. The molecule has 5 aliphatic heterocycles. The molecule has 62 heavy (non-hydrogen) atoms. The fraction of sp³-hybridized carbons (Fsp3) is 0.533. The van der Waals surface area contributed by atoms with Gasteiger partial charge in [-0.25, -0.2) is 14.4 Å². The van der Waals surface area contributed by atoms with Crippen LogP contribution in [0.25, 0.3) is 10.9 Å². The van der Waals surface area contributed by atoms with Crippen molar-refractivity contribution in [3.05, 3.63) is 65.9 Å². The lowest BCUT2D eigenvalue weighted by Gasteiger charge is -2.38. The van der Waals surface area contributed by atoms with E-state index in [1.165, 1.54) is 18.6 Å². The van der Waals surface area contributed by atoms with E-state index in [0.29, 0.717) is 17.6 Å². The van der Waals surface area contributed by atoms with Crippen molar-refractivity contribution in [1.82, 2.24) is 40.2 Å². The molecule has 328 valence electrons. The average Bonchev–Trinajstić information content (AvgIpc) is 3.71. The van der Waals surface area contributed by atoms with Crippen molar-refractivity contribution in [2.45, 2.75) is 69.9 Å². The molecule has 1 atom stereocenters.